The second-order valence-electron chi connectivity index (χ2n) is 8.22. The molecule has 1 aliphatic rings. The Morgan fingerprint density at radius 3 is 2.58 bits per heavy atom. The van der Waals surface area contributed by atoms with Gasteiger partial charge < -0.3 is 10.2 Å². The number of amides is 1. The van der Waals surface area contributed by atoms with Gasteiger partial charge in [0.1, 0.15) is 5.69 Å². The Balaban J connectivity index is 1.71. The van der Waals surface area contributed by atoms with Gasteiger partial charge in [0.2, 0.25) is 5.95 Å². The van der Waals surface area contributed by atoms with E-state index in [0.717, 1.165) is 25.2 Å². The minimum absolute atomic E-state index is 0.0929. The SMILES string of the molecule is CC1CCCN(c2nccc(C(=O)Nc3ccc(C(C)(C)C)cc3)n2)C1. The molecular weight excluding hydrogens is 324 g/mol. The molecule has 1 atom stereocenters. The summed E-state index contributed by atoms with van der Waals surface area (Å²) in [6, 6.07) is 9.64. The monoisotopic (exact) mass is 352 g/mol. The van der Waals surface area contributed by atoms with Crippen molar-refractivity contribution in [2.45, 2.75) is 46.0 Å². The Bertz CT molecular complexity index is 764. The van der Waals surface area contributed by atoms with Gasteiger partial charge in [-0.15, -0.1) is 0 Å². The lowest BCUT2D eigenvalue weighted by atomic mass is 9.87. The molecule has 2 heterocycles. The highest BCUT2D eigenvalue weighted by molar-refractivity contribution is 6.02. The molecule has 1 aliphatic heterocycles. The first-order chi connectivity index (χ1) is 12.3. The molecule has 0 radical (unpaired) electrons. The summed E-state index contributed by atoms with van der Waals surface area (Å²) in [5.74, 6) is 1.07. The maximum absolute atomic E-state index is 12.6. The number of anilines is 2. The highest BCUT2D eigenvalue weighted by Crippen LogP contribution is 2.24. The summed E-state index contributed by atoms with van der Waals surface area (Å²) in [4.78, 5) is 23.6. The number of aromatic nitrogens is 2. The maximum atomic E-state index is 12.6. The number of benzene rings is 1. The average Bonchev–Trinajstić information content (AvgIpc) is 2.61. The number of nitrogens with zero attached hydrogens (tertiary/aromatic N) is 3. The van der Waals surface area contributed by atoms with Gasteiger partial charge in [-0.2, -0.15) is 0 Å². The second-order valence-corrected chi connectivity index (χ2v) is 8.22. The Hall–Kier alpha value is -2.43. The molecule has 0 aliphatic carbocycles. The molecule has 0 saturated carbocycles. The van der Waals surface area contributed by atoms with Gasteiger partial charge in [0.05, 0.1) is 0 Å². The molecule has 1 saturated heterocycles. The molecular formula is C21H28N4O. The van der Waals surface area contributed by atoms with E-state index in [2.05, 4.69) is 60.0 Å². The van der Waals surface area contributed by atoms with E-state index in [-0.39, 0.29) is 11.3 Å². The van der Waals surface area contributed by atoms with Gasteiger partial charge in [-0.3, -0.25) is 4.79 Å². The van der Waals surface area contributed by atoms with Crippen LogP contribution < -0.4 is 10.2 Å². The van der Waals surface area contributed by atoms with E-state index < -0.39 is 0 Å². The zero-order chi connectivity index (χ0) is 18.7. The minimum Gasteiger partial charge on any atom is -0.341 e. The lowest BCUT2D eigenvalue weighted by Gasteiger charge is -2.30. The minimum atomic E-state index is -0.206. The van der Waals surface area contributed by atoms with E-state index in [0.29, 0.717) is 17.6 Å². The van der Waals surface area contributed by atoms with Crippen LogP contribution in [0, 0.1) is 5.92 Å². The number of nitrogens with one attached hydrogen (secondary N) is 1. The van der Waals surface area contributed by atoms with Crippen molar-refractivity contribution in [2.75, 3.05) is 23.3 Å². The maximum Gasteiger partial charge on any atom is 0.274 e. The molecule has 138 valence electrons. The molecule has 1 N–H and O–H groups in total. The van der Waals surface area contributed by atoms with Gasteiger partial charge in [-0.1, -0.05) is 39.8 Å². The molecule has 1 unspecified atom stereocenters. The fraction of sp³-hybridized carbons (Fsp3) is 0.476. The van der Waals surface area contributed by atoms with Crippen LogP contribution in [0.25, 0.3) is 0 Å². The van der Waals surface area contributed by atoms with Crippen molar-refractivity contribution in [1.29, 1.82) is 0 Å². The third-order valence-corrected chi connectivity index (χ3v) is 4.82. The molecule has 0 bridgehead atoms. The number of carbonyl (C=O) groups is 1. The molecule has 5 heteroatoms. The summed E-state index contributed by atoms with van der Waals surface area (Å²) in [7, 11) is 0. The fourth-order valence-corrected chi connectivity index (χ4v) is 3.25. The third kappa shape index (κ3) is 4.40. The summed E-state index contributed by atoms with van der Waals surface area (Å²) in [6.07, 6.45) is 4.04. The lowest BCUT2D eigenvalue weighted by molar-refractivity contribution is 0.102. The quantitative estimate of drug-likeness (QED) is 0.896. The summed E-state index contributed by atoms with van der Waals surface area (Å²) in [5.41, 5.74) is 2.50. The third-order valence-electron chi connectivity index (χ3n) is 4.82. The van der Waals surface area contributed by atoms with Crippen LogP contribution in [0.1, 0.15) is 56.6 Å². The summed E-state index contributed by atoms with van der Waals surface area (Å²) in [6.45, 7) is 10.6. The smallest absolute Gasteiger partial charge is 0.274 e. The van der Waals surface area contributed by atoms with E-state index in [1.807, 2.05) is 12.1 Å². The molecule has 3 rings (SSSR count). The summed E-state index contributed by atoms with van der Waals surface area (Å²) in [5, 5.41) is 2.93. The second kappa shape index (κ2) is 7.44. The van der Waals surface area contributed by atoms with Gasteiger partial charge >= 0.3 is 0 Å². The van der Waals surface area contributed by atoms with Gasteiger partial charge in [0.25, 0.3) is 5.91 Å². The number of piperidine rings is 1. The molecule has 26 heavy (non-hydrogen) atoms. The van der Waals surface area contributed by atoms with Crippen LogP contribution in [0.3, 0.4) is 0 Å². The summed E-state index contributed by atoms with van der Waals surface area (Å²) < 4.78 is 0. The van der Waals surface area contributed by atoms with E-state index in [1.54, 1.807) is 12.3 Å². The molecule has 1 aromatic heterocycles. The van der Waals surface area contributed by atoms with E-state index in [1.165, 1.54) is 12.0 Å². The molecule has 5 nitrogen and oxygen atoms in total. The van der Waals surface area contributed by atoms with Crippen molar-refractivity contribution in [3.63, 3.8) is 0 Å². The van der Waals surface area contributed by atoms with Crippen LogP contribution in [-0.2, 0) is 5.41 Å². The van der Waals surface area contributed by atoms with Crippen molar-refractivity contribution in [1.82, 2.24) is 9.97 Å². The highest BCUT2D eigenvalue weighted by Gasteiger charge is 2.20. The van der Waals surface area contributed by atoms with Gasteiger partial charge in [-0.05, 0) is 47.9 Å². The van der Waals surface area contributed by atoms with Gasteiger partial charge in [0, 0.05) is 25.0 Å². The standard InChI is InChI=1S/C21H28N4O/c1-15-6-5-13-25(14-15)20-22-12-11-18(24-20)19(26)23-17-9-7-16(8-10-17)21(2,3)4/h7-12,15H,5-6,13-14H2,1-4H3,(H,23,26). The summed E-state index contributed by atoms with van der Waals surface area (Å²) >= 11 is 0. The van der Waals surface area contributed by atoms with Gasteiger partial charge in [0.15, 0.2) is 0 Å². The molecule has 1 fully saturated rings. The predicted octanol–water partition coefficient (Wildman–Crippen LogP) is 4.26. The van der Waals surface area contributed by atoms with E-state index >= 15 is 0 Å². The van der Waals surface area contributed by atoms with Crippen molar-refractivity contribution in [3.05, 3.63) is 47.8 Å². The van der Waals surface area contributed by atoms with Crippen LogP contribution in [0.2, 0.25) is 0 Å². The fourth-order valence-electron chi connectivity index (χ4n) is 3.25. The van der Waals surface area contributed by atoms with Crippen LogP contribution in [0.4, 0.5) is 11.6 Å². The van der Waals surface area contributed by atoms with Crippen LogP contribution >= 0.6 is 0 Å². The van der Waals surface area contributed by atoms with Crippen molar-refractivity contribution in [2.24, 2.45) is 5.92 Å². The van der Waals surface area contributed by atoms with Crippen LogP contribution in [-0.4, -0.2) is 29.0 Å². The van der Waals surface area contributed by atoms with E-state index in [9.17, 15) is 4.79 Å². The zero-order valence-electron chi connectivity index (χ0n) is 16.1. The highest BCUT2D eigenvalue weighted by atomic mass is 16.1. The Morgan fingerprint density at radius 2 is 1.92 bits per heavy atom. The molecule has 1 amide bonds. The largest absolute Gasteiger partial charge is 0.341 e. The predicted molar refractivity (Wildman–Crippen MR) is 106 cm³/mol. The number of rotatable bonds is 3. The Kier molecular flexibility index (Phi) is 5.25. The van der Waals surface area contributed by atoms with Gasteiger partial charge in [-0.25, -0.2) is 9.97 Å². The Labute approximate surface area is 155 Å². The van der Waals surface area contributed by atoms with Crippen molar-refractivity contribution >= 4 is 17.5 Å². The first-order valence-corrected chi connectivity index (χ1v) is 9.33. The molecule has 2 aromatic rings. The van der Waals surface area contributed by atoms with Crippen molar-refractivity contribution in [3.8, 4) is 0 Å². The topological polar surface area (TPSA) is 58.1 Å². The molecule has 0 spiro atoms. The normalized spacial score (nSPS) is 17.8. The van der Waals surface area contributed by atoms with Crippen molar-refractivity contribution < 1.29 is 4.79 Å². The van der Waals surface area contributed by atoms with Crippen LogP contribution in [0.15, 0.2) is 36.5 Å². The number of hydrogen-bond donors (Lipinski definition) is 1. The number of carbonyl (C=O) groups excluding carboxylic acids is 1. The first kappa shape index (κ1) is 18.4. The number of hydrogen-bond acceptors (Lipinski definition) is 4. The lowest BCUT2D eigenvalue weighted by Crippen LogP contribution is -2.35. The molecule has 1 aromatic carbocycles. The Morgan fingerprint density at radius 1 is 1.19 bits per heavy atom. The average molecular weight is 352 g/mol. The van der Waals surface area contributed by atoms with Crippen LogP contribution in [0.5, 0.6) is 0 Å². The zero-order valence-corrected chi connectivity index (χ0v) is 16.1. The first-order valence-electron chi connectivity index (χ1n) is 9.33. The van der Waals surface area contributed by atoms with E-state index in [4.69, 9.17) is 0 Å².